The van der Waals surface area contributed by atoms with Gasteiger partial charge in [0.25, 0.3) is 1.43 Å². The number of carboxylic acids is 1. The van der Waals surface area contributed by atoms with Crippen molar-refractivity contribution >= 4 is 17.6 Å². The van der Waals surface area contributed by atoms with E-state index in [1.54, 1.807) is 6.92 Å². The number of rotatable bonds is 8. The maximum Gasteiger partial charge on any atom is 0.332 e. The van der Waals surface area contributed by atoms with E-state index in [9.17, 15) is 14.4 Å². The molecule has 5 nitrogen and oxygen atoms in total. The molecule has 0 radical (unpaired) electrons. The molecule has 0 saturated carbocycles. The highest BCUT2D eigenvalue weighted by atomic mass is 35.5. The van der Waals surface area contributed by atoms with Crippen LogP contribution in [0.15, 0.2) is 30.2 Å². The van der Waals surface area contributed by atoms with Crippen molar-refractivity contribution in [1.82, 2.24) is 9.80 Å². The molecule has 0 amide bonds. The second-order valence-electron chi connectivity index (χ2n) is 8.37. The molecule has 1 aliphatic rings. The van der Waals surface area contributed by atoms with Gasteiger partial charge in [-0.15, -0.1) is 0 Å². The number of benzene rings is 2. The van der Waals surface area contributed by atoms with Crippen LogP contribution in [-0.4, -0.2) is 64.6 Å². The van der Waals surface area contributed by atoms with Crippen molar-refractivity contribution in [3.8, 4) is 0 Å². The normalized spacial score (nSPS) is 37.9. The van der Waals surface area contributed by atoms with Crippen LogP contribution in [0.25, 0.3) is 1.43 Å². The summed E-state index contributed by atoms with van der Waals surface area (Å²) in [5.74, 6) is -1.40. The van der Waals surface area contributed by atoms with E-state index < -0.39 is 97.0 Å². The first-order valence-electron chi connectivity index (χ1n) is 18.9. The summed E-state index contributed by atoms with van der Waals surface area (Å²) < 4.78 is 149. The first-order valence-corrected chi connectivity index (χ1v) is 11.4. The van der Waals surface area contributed by atoms with E-state index in [2.05, 4.69) is 5.11 Å². The first-order chi connectivity index (χ1) is 22.7. The molecule has 35 heavy (non-hydrogen) atoms. The van der Waals surface area contributed by atoms with E-state index in [1.165, 1.54) is 20.8 Å². The number of ether oxygens (including phenoxy) is 1. The van der Waals surface area contributed by atoms with Crippen molar-refractivity contribution in [2.75, 3.05) is 19.6 Å². The zero-order valence-corrected chi connectivity index (χ0v) is 21.8. The molecule has 0 spiro atoms. The molecule has 2 aromatic carbocycles. The Balaban J connectivity index is 2.63. The summed E-state index contributed by atoms with van der Waals surface area (Å²) in [6.45, 7) is -1.59. The number of hydrogen-bond acceptors (Lipinski definition) is 5. The van der Waals surface area contributed by atoms with Crippen LogP contribution in [0.1, 0.15) is 87.7 Å². The fraction of sp³-hybridized carbons (Fsp3) is 0.552. The molecule has 3 rings (SSSR count). The van der Waals surface area contributed by atoms with Gasteiger partial charge >= 0.3 is 5.97 Å². The Bertz CT molecular complexity index is 1610. The van der Waals surface area contributed by atoms with Gasteiger partial charge in [0.15, 0.2) is 6.10 Å². The molecule has 6 heteroatoms. The van der Waals surface area contributed by atoms with E-state index in [0.29, 0.717) is 23.0 Å². The number of piperazine rings is 1. The lowest BCUT2D eigenvalue weighted by Gasteiger charge is -2.50. The van der Waals surface area contributed by atoms with Crippen LogP contribution in [0.4, 0.5) is 0 Å². The van der Waals surface area contributed by atoms with Crippen LogP contribution in [0.3, 0.4) is 0 Å². The van der Waals surface area contributed by atoms with Gasteiger partial charge in [0.1, 0.15) is 0 Å². The number of halogens is 1. The van der Waals surface area contributed by atoms with E-state index in [1.807, 2.05) is 0 Å². The zero-order chi connectivity index (χ0) is 40.2. The highest BCUT2D eigenvalue weighted by Gasteiger charge is 2.38. The van der Waals surface area contributed by atoms with Gasteiger partial charge in [0.2, 0.25) is 0 Å². The van der Waals surface area contributed by atoms with Gasteiger partial charge in [-0.05, 0) is 94.8 Å². The average molecular weight is 517 g/mol. The lowest BCUT2D eigenvalue weighted by molar-refractivity contribution is -0.150. The Hall–Kier alpha value is -1.92. The third-order valence-corrected chi connectivity index (χ3v) is 6.16. The largest absolute Gasteiger partial charge is 0.479 e. The van der Waals surface area contributed by atoms with Gasteiger partial charge in [-0.2, -0.15) is 0 Å². The molecule has 2 aromatic rings. The molecule has 0 aromatic heterocycles. The van der Waals surface area contributed by atoms with Crippen molar-refractivity contribution in [3.05, 3.63) is 68.6 Å². The summed E-state index contributed by atoms with van der Waals surface area (Å²) in [5.41, 5.74) is -0.642. The van der Waals surface area contributed by atoms with Crippen LogP contribution >= 0.6 is 11.6 Å². The van der Waals surface area contributed by atoms with E-state index in [-0.39, 0.29) is 21.0 Å². The summed E-state index contributed by atoms with van der Waals surface area (Å²) in [6, 6.07) is -16.1. The fourth-order valence-corrected chi connectivity index (χ4v) is 3.57. The van der Waals surface area contributed by atoms with Gasteiger partial charge in [0, 0.05) is 45.7 Å². The van der Waals surface area contributed by atoms with Crippen LogP contribution < -0.4 is 0 Å². The number of carboxylic acid groups (broad SMARTS) is 1. The second-order valence-corrected chi connectivity index (χ2v) is 8.75. The summed E-state index contributed by atoms with van der Waals surface area (Å²) >= 11 is 6.28. The van der Waals surface area contributed by atoms with Gasteiger partial charge in [-0.3, -0.25) is 9.80 Å². The number of nitrogens with zero attached hydrogens (tertiary/aromatic N) is 2. The Labute approximate surface area is 238 Å². The predicted molar refractivity (Wildman–Crippen MR) is 144 cm³/mol. The Morgan fingerprint density at radius 2 is 1.89 bits per heavy atom. The van der Waals surface area contributed by atoms with Crippen molar-refractivity contribution < 1.29 is 35.2 Å². The lowest BCUT2D eigenvalue weighted by Crippen LogP contribution is -2.60. The molecule has 0 aliphatic carbocycles. The van der Waals surface area contributed by atoms with Crippen molar-refractivity contribution in [2.45, 2.75) is 85.6 Å². The topological polar surface area (TPSA) is 53.0 Å². The summed E-state index contributed by atoms with van der Waals surface area (Å²) in [4.78, 5) is 12.3. The molecule has 1 N–H and O–H groups in total. The standard InChI is InChI=1S/C29H41ClN2O3/c1-17-9-11-26(23(7)22(17)6)28(25-10-12-27(30)18(2)13-25)32-19(3)14-31(15-20(32)4)21(5)16-35-24(8)29(33)34/h9-13,19-21,24,28H,14-16H2,1-8H3,(H,33,34)/i9D,10D,11D,12D,13D,14D2,15D2,16D2,19D,20D,21D,28D/hD. The molecule has 1 saturated heterocycles. The predicted octanol–water partition coefficient (Wildman–Crippen LogP) is 5.94. The number of aliphatic carboxylic acids is 1. The summed E-state index contributed by atoms with van der Waals surface area (Å²) in [7, 11) is 0. The maximum absolute atomic E-state index is 11.9. The van der Waals surface area contributed by atoms with Gasteiger partial charge in [-0.25, -0.2) is 4.79 Å². The minimum atomic E-state index is -3.62. The smallest absolute Gasteiger partial charge is 0.332 e. The lowest BCUT2D eigenvalue weighted by atomic mass is 9.87. The van der Waals surface area contributed by atoms with Crippen LogP contribution in [-0.2, 0) is 9.53 Å². The van der Waals surface area contributed by atoms with Gasteiger partial charge in [0.05, 0.1) is 23.5 Å². The average Bonchev–Trinajstić information content (AvgIpc) is 2.98. The fourth-order valence-electron chi connectivity index (χ4n) is 3.47. The molecule has 5 atom stereocenters. The Kier molecular flexibility index (Phi) is 4.26. The summed E-state index contributed by atoms with van der Waals surface area (Å²) in [6.07, 6.45) is -1.86. The van der Waals surface area contributed by atoms with E-state index in [0.717, 1.165) is 20.8 Å². The van der Waals surface area contributed by atoms with Crippen LogP contribution in [0.5, 0.6) is 0 Å². The van der Waals surface area contributed by atoms with Crippen molar-refractivity contribution in [2.24, 2.45) is 0 Å². The van der Waals surface area contributed by atoms with E-state index in [4.69, 9.17) is 28.7 Å². The quantitative estimate of drug-likeness (QED) is 0.470. The van der Waals surface area contributed by atoms with Crippen molar-refractivity contribution in [3.63, 3.8) is 0 Å². The number of hydrogen-bond donors (Lipinski definition) is 1. The van der Waals surface area contributed by atoms with Gasteiger partial charge < -0.3 is 9.85 Å². The summed E-state index contributed by atoms with van der Waals surface area (Å²) in [5, 5.41) is 3.48. The number of carbonyl (C=O) groups is 1. The Morgan fingerprint density at radius 3 is 2.51 bits per heavy atom. The third-order valence-electron chi connectivity index (χ3n) is 5.78. The van der Waals surface area contributed by atoms with E-state index >= 15 is 0 Å². The zero-order valence-electron chi connectivity index (χ0n) is 37.1. The van der Waals surface area contributed by atoms with Gasteiger partial charge in [-0.1, -0.05) is 35.8 Å². The third kappa shape index (κ3) is 6.08. The van der Waals surface area contributed by atoms with Crippen LogP contribution in [0.2, 0.25) is 5.02 Å². The molecular formula is C29H41ClN2O3. The molecular weight excluding hydrogens is 460 g/mol. The maximum atomic E-state index is 11.9. The SMILES string of the molecule is [2H]OC(=O)C(C)OC([2H])([2H])C([2H])(C)N1C([2H])([2H])C([2H])(C)N(C([2H])(c2c([2H])c([2H])c(Cl)c(C)c2[2H])c2c([2H])c([2H])c(C)c(C)c2C)C([2H])(C)C1([2H])[2H]. The Morgan fingerprint density at radius 1 is 1.23 bits per heavy atom. The monoisotopic (exact) mass is 516 g/mol. The minimum Gasteiger partial charge on any atom is -0.479 e. The van der Waals surface area contributed by atoms with Crippen molar-refractivity contribution in [1.29, 1.82) is 1.43 Å². The first kappa shape index (κ1) is 13.0. The molecule has 1 aliphatic heterocycles. The molecule has 5 unspecified atom stereocenters. The molecule has 1 fully saturated rings. The molecule has 192 valence electrons. The van der Waals surface area contributed by atoms with Crippen LogP contribution in [0, 0.1) is 27.7 Å². The highest BCUT2D eigenvalue weighted by molar-refractivity contribution is 6.31. The minimum absolute atomic E-state index is 0.0559. The second kappa shape index (κ2) is 11.4. The highest BCUT2D eigenvalue weighted by Crippen LogP contribution is 2.38. The molecule has 0 bridgehead atoms. The molecule has 1 heterocycles.